The van der Waals surface area contributed by atoms with Crippen LogP contribution in [0.25, 0.3) is 22.3 Å². The predicted octanol–water partition coefficient (Wildman–Crippen LogP) is 8.69. The van der Waals surface area contributed by atoms with Crippen molar-refractivity contribution in [3.63, 3.8) is 0 Å². The molecule has 0 unspecified atom stereocenters. The zero-order valence-corrected chi connectivity index (χ0v) is 38.6. The minimum Gasteiger partial charge on any atom is -0.444 e. The highest BCUT2D eigenvalue weighted by Gasteiger charge is 2.34. The number of carbonyl (C=O) groups is 2. The summed E-state index contributed by atoms with van der Waals surface area (Å²) in [4.78, 5) is 31.8. The van der Waals surface area contributed by atoms with Gasteiger partial charge in [0.15, 0.2) is 0 Å². The molecule has 11 nitrogen and oxygen atoms in total. The number of likely N-dealkylation sites (N-methyl/N-ethyl adjacent to an activating group) is 1. The minimum atomic E-state index is -1.34. The van der Waals surface area contributed by atoms with E-state index in [-0.39, 0.29) is 29.8 Å². The molecule has 2 aromatic heterocycles. The van der Waals surface area contributed by atoms with Crippen molar-refractivity contribution in [1.82, 2.24) is 24.1 Å². The van der Waals surface area contributed by atoms with Gasteiger partial charge in [0.05, 0.1) is 22.9 Å². The van der Waals surface area contributed by atoms with Crippen LogP contribution in [0.15, 0.2) is 18.2 Å². The van der Waals surface area contributed by atoms with Crippen LogP contribution in [0.5, 0.6) is 0 Å². The summed E-state index contributed by atoms with van der Waals surface area (Å²) in [5.74, 6) is -0.688. The van der Waals surface area contributed by atoms with E-state index < -0.39 is 33.6 Å². The Morgan fingerprint density at radius 1 is 0.946 bits per heavy atom. The monoisotopic (exact) mass is 812 g/mol. The number of carbonyl (C=O) groups excluding carboxylic acids is 2. The zero-order valence-electron chi connectivity index (χ0n) is 36.6. The number of hydrogen-bond acceptors (Lipinski definition) is 7. The highest BCUT2D eigenvalue weighted by Crippen LogP contribution is 2.41. The van der Waals surface area contributed by atoms with Crippen LogP contribution in [0.1, 0.15) is 59.2 Å². The number of amides is 2. The van der Waals surface area contributed by atoms with E-state index in [1.807, 2.05) is 38.7 Å². The fourth-order valence-electron chi connectivity index (χ4n) is 7.41. The molecule has 0 radical (unpaired) electrons. The van der Waals surface area contributed by atoms with E-state index in [4.69, 9.17) is 19.3 Å². The molecule has 3 heterocycles. The van der Waals surface area contributed by atoms with Crippen LogP contribution in [-0.4, -0.2) is 110 Å². The number of ether oxygens (including phenoxy) is 3. The van der Waals surface area contributed by atoms with Gasteiger partial charge in [-0.25, -0.2) is 13.9 Å². The highest BCUT2D eigenvalue weighted by molar-refractivity contribution is 6.76. The third-order valence-electron chi connectivity index (χ3n) is 11.1. The first-order valence-electron chi connectivity index (χ1n) is 20.5. The Morgan fingerprint density at radius 3 is 2.14 bits per heavy atom. The number of hydrogen-bond donors (Lipinski definition) is 0. The summed E-state index contributed by atoms with van der Waals surface area (Å²) in [6.07, 6.45) is 2.49. The molecule has 56 heavy (non-hydrogen) atoms. The molecule has 1 aromatic carbocycles. The van der Waals surface area contributed by atoms with Gasteiger partial charge in [0.2, 0.25) is 5.91 Å². The quantitative estimate of drug-likeness (QED) is 0.119. The summed E-state index contributed by atoms with van der Waals surface area (Å²) < 4.78 is 38.5. The summed E-state index contributed by atoms with van der Waals surface area (Å²) in [7, 11) is -0.948. The first kappa shape index (κ1) is 44.1. The molecule has 0 saturated carbocycles. The number of benzene rings is 1. The zero-order chi connectivity index (χ0) is 41.4. The van der Waals surface area contributed by atoms with Crippen molar-refractivity contribution in [2.45, 2.75) is 137 Å². The van der Waals surface area contributed by atoms with Crippen molar-refractivity contribution in [3.8, 4) is 11.4 Å². The van der Waals surface area contributed by atoms with E-state index in [2.05, 4.69) is 62.4 Å². The lowest BCUT2D eigenvalue weighted by Gasteiger charge is -2.38. The molecule has 2 amide bonds. The summed E-state index contributed by atoms with van der Waals surface area (Å²) in [6, 6.07) is 6.94. The molecule has 1 aliphatic carbocycles. The molecule has 14 heteroatoms. The molecular formula is C42H69FN6O5Si2. The lowest BCUT2D eigenvalue weighted by Crippen LogP contribution is -2.55. The van der Waals surface area contributed by atoms with Gasteiger partial charge in [-0.05, 0) is 82.7 Å². The fourth-order valence-corrected chi connectivity index (χ4v) is 8.93. The number of nitrogens with zero attached hydrogens (tertiary/aromatic N) is 6. The number of aromatic nitrogens is 3. The first-order chi connectivity index (χ1) is 25.9. The predicted molar refractivity (Wildman–Crippen MR) is 229 cm³/mol. The van der Waals surface area contributed by atoms with E-state index in [9.17, 15) is 9.59 Å². The maximum atomic E-state index is 16.2. The second-order valence-corrected chi connectivity index (χ2v) is 31.4. The molecule has 1 aliphatic heterocycles. The molecule has 0 spiro atoms. The Bertz CT molecular complexity index is 1860. The standard InChI is InChI=1S/C42H69FN6O5Si2/c1-30(46-16-18-47(19-17-46)40(51)54-41(2,3)4)39(50)45(7)35-26-34-31(24-33(35)43)25-36(48(34)28-52-20-22-55(8,9)10)38-32-14-15-42(5,6)27-37(32)49(44-38)29-53-21-23-56(11,12)13/h24-26,30H,14-23,27-29H2,1-13H3/t30-/m0/s1. The maximum absolute atomic E-state index is 16.2. The summed E-state index contributed by atoms with van der Waals surface area (Å²) >= 11 is 0. The maximum Gasteiger partial charge on any atom is 0.410 e. The Labute approximate surface area is 336 Å². The van der Waals surface area contributed by atoms with Crippen molar-refractivity contribution in [2.24, 2.45) is 5.41 Å². The van der Waals surface area contributed by atoms with E-state index in [0.29, 0.717) is 46.1 Å². The number of halogens is 1. The highest BCUT2D eigenvalue weighted by atomic mass is 28.3. The van der Waals surface area contributed by atoms with Crippen molar-refractivity contribution >= 4 is 44.7 Å². The van der Waals surface area contributed by atoms with Gasteiger partial charge >= 0.3 is 6.09 Å². The largest absolute Gasteiger partial charge is 0.444 e. The van der Waals surface area contributed by atoms with E-state index in [0.717, 1.165) is 53.6 Å². The summed E-state index contributed by atoms with van der Waals surface area (Å²) in [5.41, 5.74) is 4.76. The Balaban J connectivity index is 1.46. The van der Waals surface area contributed by atoms with Gasteiger partial charge in [0.25, 0.3) is 0 Å². The van der Waals surface area contributed by atoms with Crippen LogP contribution in [-0.2, 0) is 45.3 Å². The molecular weight excluding hydrogens is 744 g/mol. The number of fused-ring (bicyclic) bond motifs is 2. The first-order valence-corrected chi connectivity index (χ1v) is 27.9. The minimum absolute atomic E-state index is 0.144. The van der Waals surface area contributed by atoms with Gasteiger partial charge in [0.1, 0.15) is 30.6 Å². The van der Waals surface area contributed by atoms with Gasteiger partial charge < -0.3 is 28.6 Å². The third-order valence-corrected chi connectivity index (χ3v) is 14.5. The van der Waals surface area contributed by atoms with E-state index in [1.54, 1.807) is 18.0 Å². The average Bonchev–Trinajstić information content (AvgIpc) is 3.61. The van der Waals surface area contributed by atoms with Gasteiger partial charge in [-0.15, -0.1) is 0 Å². The Morgan fingerprint density at radius 2 is 1.55 bits per heavy atom. The van der Waals surface area contributed by atoms with Crippen LogP contribution in [0.3, 0.4) is 0 Å². The topological polar surface area (TPSA) is 94.3 Å². The number of piperazine rings is 1. The smallest absolute Gasteiger partial charge is 0.410 e. The molecule has 1 saturated heterocycles. The van der Waals surface area contributed by atoms with Gasteiger partial charge in [-0.1, -0.05) is 53.1 Å². The van der Waals surface area contributed by atoms with Gasteiger partial charge in [0, 0.05) is 79.2 Å². The second-order valence-electron chi connectivity index (χ2n) is 20.2. The molecule has 0 bridgehead atoms. The molecule has 0 N–H and O–H groups in total. The van der Waals surface area contributed by atoms with Crippen molar-refractivity contribution in [2.75, 3.05) is 51.3 Å². The third kappa shape index (κ3) is 11.1. The molecule has 2 aliphatic rings. The SMILES string of the molecule is C[C@@H](C(=O)N(C)c1cc2c(cc1F)cc(-c1nn(COCC[Si](C)(C)C)c3c1CCC(C)(C)C3)n2COCC[Si](C)(C)C)N1CCN(C(=O)OC(C)(C)C)CC1. The van der Waals surface area contributed by atoms with Crippen LogP contribution in [0.4, 0.5) is 14.9 Å². The van der Waals surface area contributed by atoms with Gasteiger partial charge in [-0.3, -0.25) is 9.69 Å². The van der Waals surface area contributed by atoms with Gasteiger partial charge in [-0.2, -0.15) is 5.10 Å². The Hall–Kier alpha value is -3.05. The van der Waals surface area contributed by atoms with E-state index in [1.165, 1.54) is 22.2 Å². The number of anilines is 1. The van der Waals surface area contributed by atoms with Crippen LogP contribution in [0.2, 0.25) is 51.4 Å². The average molecular weight is 813 g/mol. The fraction of sp³-hybridized carbons (Fsp3) is 0.690. The molecule has 312 valence electrons. The van der Waals surface area contributed by atoms with Crippen molar-refractivity contribution in [3.05, 3.63) is 35.3 Å². The molecule has 5 rings (SSSR count). The lowest BCUT2D eigenvalue weighted by atomic mass is 9.76. The van der Waals surface area contributed by atoms with E-state index >= 15 is 4.39 Å². The second kappa shape index (κ2) is 17.0. The lowest BCUT2D eigenvalue weighted by molar-refractivity contribution is -0.123. The van der Waals surface area contributed by atoms with Crippen LogP contribution >= 0.6 is 0 Å². The molecule has 3 aromatic rings. The van der Waals surface area contributed by atoms with Crippen molar-refractivity contribution in [1.29, 1.82) is 0 Å². The van der Waals surface area contributed by atoms with Crippen LogP contribution < -0.4 is 4.90 Å². The normalized spacial score (nSPS) is 17.3. The number of rotatable bonds is 14. The van der Waals surface area contributed by atoms with Crippen molar-refractivity contribution < 1.29 is 28.2 Å². The van der Waals surface area contributed by atoms with Crippen LogP contribution in [0, 0.1) is 11.2 Å². The molecule has 1 atom stereocenters. The Kier molecular flexibility index (Phi) is 13.4. The molecule has 1 fully saturated rings. The summed E-state index contributed by atoms with van der Waals surface area (Å²) in [6.45, 7) is 30.1. The summed E-state index contributed by atoms with van der Waals surface area (Å²) in [5, 5.41) is 5.97.